The lowest BCUT2D eigenvalue weighted by Crippen LogP contribution is -2.42. The minimum Gasteiger partial charge on any atom is -0.325 e. The van der Waals surface area contributed by atoms with Crippen LogP contribution in [0, 0.1) is 11.8 Å². The van der Waals surface area contributed by atoms with Crippen LogP contribution in [0.2, 0.25) is 0 Å². The van der Waals surface area contributed by atoms with E-state index in [1.54, 1.807) is 11.0 Å². The second-order valence-electron chi connectivity index (χ2n) is 8.77. The number of sulfonamides is 1. The van der Waals surface area contributed by atoms with E-state index < -0.39 is 27.9 Å². The van der Waals surface area contributed by atoms with Crippen LogP contribution in [-0.4, -0.2) is 66.3 Å². The molecule has 0 bridgehead atoms. The molecule has 10 heteroatoms. The number of amides is 2. The van der Waals surface area contributed by atoms with E-state index in [0.717, 1.165) is 35.1 Å². The molecule has 2 amide bonds. The van der Waals surface area contributed by atoms with Crippen molar-refractivity contribution in [1.82, 2.24) is 14.1 Å². The second-order valence-corrected chi connectivity index (χ2v) is 11.8. The average molecular weight is 488 g/mol. The molecule has 4 rings (SSSR count). The highest BCUT2D eigenvalue weighted by atomic mass is 35.5. The van der Waals surface area contributed by atoms with Crippen LogP contribution in [-0.2, 0) is 21.4 Å². The Morgan fingerprint density at radius 2 is 1.87 bits per heavy atom. The van der Waals surface area contributed by atoms with Gasteiger partial charge < -0.3 is 4.90 Å². The maximum absolute atomic E-state index is 13.3. The Bertz CT molecular complexity index is 983. The summed E-state index contributed by atoms with van der Waals surface area (Å²) in [5.74, 6) is -1.19. The van der Waals surface area contributed by atoms with E-state index >= 15 is 0 Å². The largest absolute Gasteiger partial charge is 0.325 e. The predicted octanol–water partition coefficient (Wildman–Crippen LogP) is 2.94. The highest BCUT2D eigenvalue weighted by Gasteiger charge is 2.54. The molecule has 0 spiro atoms. The van der Waals surface area contributed by atoms with E-state index in [-0.39, 0.29) is 24.2 Å². The number of hydrogen-bond acceptors (Lipinski definition) is 6. The molecular formula is C21H30ClN3O4S2. The quantitative estimate of drug-likeness (QED) is 0.638. The zero-order chi connectivity index (χ0) is 21.6. The molecule has 0 saturated carbocycles. The Balaban J connectivity index is 0.00000272. The van der Waals surface area contributed by atoms with Crippen molar-refractivity contribution >= 4 is 45.6 Å². The molecule has 2 fully saturated rings. The third-order valence-electron chi connectivity index (χ3n) is 6.21. The summed E-state index contributed by atoms with van der Waals surface area (Å²) in [7, 11) is -3.72. The summed E-state index contributed by atoms with van der Waals surface area (Å²) in [5.41, 5.74) is 0.430. The number of hydrogen-bond donors (Lipinski definition) is 0. The fourth-order valence-electron chi connectivity index (χ4n) is 4.84. The van der Waals surface area contributed by atoms with Crippen LogP contribution in [0.15, 0.2) is 23.9 Å². The standard InChI is InChI=1S/C21H29N3O4S2.ClH/c1-14(2)18-19-16(24(21(18)26)30(3,27)28)9-12-23(19)20(25)17-8-7-15(29-17)13-22-10-5-4-6-11-22;/h7-9,14,18-19H,4-6,10-13H2,1-3H3;1H/t18-,19+;/m1./s1. The second kappa shape index (κ2) is 9.21. The molecule has 0 aromatic carbocycles. The van der Waals surface area contributed by atoms with E-state index in [2.05, 4.69) is 4.90 Å². The first kappa shape index (κ1) is 24.2. The van der Waals surface area contributed by atoms with Crippen LogP contribution in [0.25, 0.3) is 0 Å². The van der Waals surface area contributed by atoms with Crippen LogP contribution in [0.4, 0.5) is 0 Å². The van der Waals surface area contributed by atoms with E-state index in [9.17, 15) is 18.0 Å². The summed E-state index contributed by atoms with van der Waals surface area (Å²) in [5, 5.41) is 0. The number of carbonyl (C=O) groups is 2. The number of thiophene rings is 1. The highest BCUT2D eigenvalue weighted by molar-refractivity contribution is 7.89. The molecule has 31 heavy (non-hydrogen) atoms. The maximum atomic E-state index is 13.3. The van der Waals surface area contributed by atoms with Gasteiger partial charge in [-0.15, -0.1) is 23.7 Å². The third kappa shape index (κ3) is 4.55. The molecule has 172 valence electrons. The molecule has 4 heterocycles. The van der Waals surface area contributed by atoms with Crippen LogP contribution in [0.5, 0.6) is 0 Å². The summed E-state index contributed by atoms with van der Waals surface area (Å²) in [4.78, 5) is 32.1. The summed E-state index contributed by atoms with van der Waals surface area (Å²) in [6, 6.07) is 3.35. The molecule has 0 unspecified atom stereocenters. The van der Waals surface area contributed by atoms with Gasteiger partial charge in [0.15, 0.2) is 0 Å². The van der Waals surface area contributed by atoms with Crippen LogP contribution < -0.4 is 0 Å². The normalized spacial score (nSPS) is 24.4. The van der Waals surface area contributed by atoms with Gasteiger partial charge in [-0.1, -0.05) is 20.3 Å². The number of carbonyl (C=O) groups excluding carboxylic acids is 2. The van der Waals surface area contributed by atoms with E-state index in [4.69, 9.17) is 0 Å². The first-order chi connectivity index (χ1) is 14.2. The fraction of sp³-hybridized carbons (Fsp3) is 0.619. The van der Waals surface area contributed by atoms with Gasteiger partial charge in [0, 0.05) is 18.0 Å². The van der Waals surface area contributed by atoms with Gasteiger partial charge in [0.25, 0.3) is 5.91 Å². The number of halogens is 1. The zero-order valence-electron chi connectivity index (χ0n) is 18.1. The summed E-state index contributed by atoms with van der Waals surface area (Å²) < 4.78 is 25.4. The Labute approximate surface area is 194 Å². The van der Waals surface area contributed by atoms with Gasteiger partial charge in [0.1, 0.15) is 0 Å². The molecule has 0 N–H and O–H groups in total. The number of likely N-dealkylation sites (tertiary alicyclic amines) is 1. The van der Waals surface area contributed by atoms with E-state index in [0.29, 0.717) is 17.1 Å². The minimum absolute atomic E-state index is 0. The average Bonchev–Trinajstić information content (AvgIpc) is 3.35. The van der Waals surface area contributed by atoms with Gasteiger partial charge in [-0.25, -0.2) is 12.7 Å². The molecule has 0 radical (unpaired) electrons. The van der Waals surface area contributed by atoms with Crippen molar-refractivity contribution in [3.63, 3.8) is 0 Å². The number of fused-ring (bicyclic) bond motifs is 1. The van der Waals surface area contributed by atoms with Crippen molar-refractivity contribution < 1.29 is 18.0 Å². The Hall–Kier alpha value is -1.42. The molecular weight excluding hydrogens is 458 g/mol. The topological polar surface area (TPSA) is 78.0 Å². The molecule has 1 aromatic heterocycles. The Morgan fingerprint density at radius 3 is 2.48 bits per heavy atom. The zero-order valence-corrected chi connectivity index (χ0v) is 20.6. The number of rotatable bonds is 5. The fourth-order valence-corrected chi connectivity index (χ4v) is 6.86. The number of nitrogens with zero attached hydrogens (tertiary/aromatic N) is 3. The molecule has 3 aliphatic rings. The van der Waals surface area contributed by atoms with Crippen molar-refractivity contribution in [2.24, 2.45) is 11.8 Å². The monoisotopic (exact) mass is 487 g/mol. The maximum Gasteiger partial charge on any atom is 0.264 e. The van der Waals surface area contributed by atoms with Crippen LogP contribution >= 0.6 is 23.7 Å². The molecule has 1 aromatic rings. The van der Waals surface area contributed by atoms with Crippen molar-refractivity contribution in [2.45, 2.75) is 45.7 Å². The molecule has 7 nitrogen and oxygen atoms in total. The van der Waals surface area contributed by atoms with Gasteiger partial charge >= 0.3 is 0 Å². The van der Waals surface area contributed by atoms with Crippen molar-refractivity contribution in [3.8, 4) is 0 Å². The Kier molecular flexibility index (Phi) is 7.20. The lowest BCUT2D eigenvalue weighted by atomic mass is 9.89. The van der Waals surface area contributed by atoms with Gasteiger partial charge in [-0.2, -0.15) is 0 Å². The van der Waals surface area contributed by atoms with Gasteiger partial charge in [-0.3, -0.25) is 14.5 Å². The predicted molar refractivity (Wildman–Crippen MR) is 124 cm³/mol. The van der Waals surface area contributed by atoms with Crippen molar-refractivity contribution in [3.05, 3.63) is 33.7 Å². The summed E-state index contributed by atoms with van der Waals surface area (Å²) in [6.45, 7) is 7.18. The molecule has 2 atom stereocenters. The van der Waals surface area contributed by atoms with Crippen molar-refractivity contribution in [1.29, 1.82) is 0 Å². The van der Waals surface area contributed by atoms with E-state index in [1.165, 1.54) is 30.6 Å². The van der Waals surface area contributed by atoms with Crippen LogP contribution in [0.3, 0.4) is 0 Å². The van der Waals surface area contributed by atoms with Crippen molar-refractivity contribution in [2.75, 3.05) is 25.9 Å². The smallest absolute Gasteiger partial charge is 0.264 e. The van der Waals surface area contributed by atoms with Crippen LogP contribution in [0.1, 0.15) is 47.7 Å². The first-order valence-electron chi connectivity index (χ1n) is 10.5. The molecule has 0 aliphatic carbocycles. The number of piperidine rings is 1. The first-order valence-corrected chi connectivity index (χ1v) is 13.2. The highest BCUT2D eigenvalue weighted by Crippen LogP contribution is 2.42. The lowest BCUT2D eigenvalue weighted by molar-refractivity contribution is -0.128. The van der Waals surface area contributed by atoms with Gasteiger partial charge in [0.2, 0.25) is 15.9 Å². The SMILES string of the molecule is CC(C)[C@H]1C(=O)N(S(C)(=O)=O)C2=CCN(C(=O)c3ccc(CN4CCCCC4)s3)[C@@H]21.Cl. The van der Waals surface area contributed by atoms with E-state index in [1.807, 2.05) is 26.0 Å². The molecule has 3 aliphatic heterocycles. The lowest BCUT2D eigenvalue weighted by Gasteiger charge is -2.28. The third-order valence-corrected chi connectivity index (χ3v) is 8.32. The molecule has 2 saturated heterocycles. The Morgan fingerprint density at radius 1 is 1.19 bits per heavy atom. The minimum atomic E-state index is -3.72. The summed E-state index contributed by atoms with van der Waals surface area (Å²) >= 11 is 1.50. The van der Waals surface area contributed by atoms with Gasteiger partial charge in [-0.05, 0) is 50.1 Å². The van der Waals surface area contributed by atoms with Gasteiger partial charge in [0.05, 0.1) is 28.8 Å². The summed E-state index contributed by atoms with van der Waals surface area (Å²) in [6.07, 6.45) is 6.50.